The maximum Gasteiger partial charge on any atom is 0.262 e. The highest BCUT2D eigenvalue weighted by atomic mass is 16.3. The Morgan fingerprint density at radius 2 is 1.82 bits per heavy atom. The van der Waals surface area contributed by atoms with E-state index in [0.29, 0.717) is 37.0 Å². The molecular formula is C29H34N6O3. The monoisotopic (exact) mass is 514 g/mol. The molecule has 2 atom stereocenters. The summed E-state index contributed by atoms with van der Waals surface area (Å²) in [5, 5.41) is 11.9. The van der Waals surface area contributed by atoms with E-state index in [1.54, 1.807) is 12.3 Å². The molecule has 4 heterocycles. The van der Waals surface area contributed by atoms with Crippen LogP contribution in [-0.4, -0.2) is 58.3 Å². The highest BCUT2D eigenvalue weighted by Gasteiger charge is 2.40. The Kier molecular flexibility index (Phi) is 6.39. The molecular weight excluding hydrogens is 480 g/mol. The van der Waals surface area contributed by atoms with Crippen LogP contribution >= 0.6 is 0 Å². The Labute approximate surface area is 221 Å². The number of para-hydroxylation sites is 1. The smallest absolute Gasteiger partial charge is 0.262 e. The molecule has 1 saturated carbocycles. The van der Waals surface area contributed by atoms with Crippen molar-refractivity contribution in [2.75, 3.05) is 13.1 Å². The standard InChI is InChI=1S/C29H34N6O3/c1-32-18-14-30-25(32)22-9-5-6-10-23(22)27(36)33-16-12-29(38,13-17-33)19-34-20-31-26-24(28(34)37)11-15-35(26)21-7-3-2-4-8-21/h2-4,7-8,11,14-15,18,20,22-23,38H,5-6,9-10,12-13,16-17,19H2,1H3/t22-,23-/m1/s1. The van der Waals surface area contributed by atoms with Gasteiger partial charge in [0.25, 0.3) is 5.56 Å². The van der Waals surface area contributed by atoms with Gasteiger partial charge in [0.05, 0.1) is 17.5 Å². The van der Waals surface area contributed by atoms with Gasteiger partial charge in [-0.15, -0.1) is 0 Å². The van der Waals surface area contributed by atoms with Crippen molar-refractivity contribution in [3.63, 3.8) is 0 Å². The van der Waals surface area contributed by atoms with E-state index in [4.69, 9.17) is 0 Å². The quantitative estimate of drug-likeness (QED) is 0.441. The first-order valence-corrected chi connectivity index (χ1v) is 13.5. The normalized spacial score (nSPS) is 21.6. The van der Waals surface area contributed by atoms with Crippen molar-refractivity contribution >= 4 is 16.9 Å². The van der Waals surface area contributed by atoms with Gasteiger partial charge in [-0.3, -0.25) is 14.2 Å². The average molecular weight is 515 g/mol. The predicted octanol–water partition coefficient (Wildman–Crippen LogP) is 3.25. The number of carbonyl (C=O) groups is 1. The van der Waals surface area contributed by atoms with Gasteiger partial charge in [0.1, 0.15) is 12.2 Å². The molecule has 1 aromatic carbocycles. The largest absolute Gasteiger partial charge is 0.388 e. The second-order valence-corrected chi connectivity index (χ2v) is 10.9. The van der Waals surface area contributed by atoms with Crippen LogP contribution in [0.15, 0.2) is 66.1 Å². The van der Waals surface area contributed by atoms with Gasteiger partial charge < -0.3 is 19.1 Å². The van der Waals surface area contributed by atoms with Gasteiger partial charge >= 0.3 is 0 Å². The van der Waals surface area contributed by atoms with Gasteiger partial charge in [0.15, 0.2) is 5.65 Å². The minimum atomic E-state index is -1.07. The van der Waals surface area contributed by atoms with Crippen molar-refractivity contribution in [1.29, 1.82) is 0 Å². The minimum Gasteiger partial charge on any atom is -0.388 e. The third-order valence-corrected chi connectivity index (χ3v) is 8.45. The van der Waals surface area contributed by atoms with E-state index >= 15 is 0 Å². The number of imidazole rings is 1. The molecule has 1 N–H and O–H groups in total. The van der Waals surface area contributed by atoms with Crippen LogP contribution in [-0.2, 0) is 18.4 Å². The summed E-state index contributed by atoms with van der Waals surface area (Å²) in [5.41, 5.74) is 0.297. The number of hydrogen-bond acceptors (Lipinski definition) is 5. The number of rotatable bonds is 5. The van der Waals surface area contributed by atoms with Crippen LogP contribution < -0.4 is 5.56 Å². The molecule has 9 heteroatoms. The molecule has 198 valence electrons. The number of benzene rings is 1. The Hall–Kier alpha value is -3.72. The molecule has 3 aromatic heterocycles. The summed E-state index contributed by atoms with van der Waals surface area (Å²) in [7, 11) is 1.99. The molecule has 0 unspecified atom stereocenters. The van der Waals surface area contributed by atoms with Gasteiger partial charge in [-0.2, -0.15) is 0 Å². The van der Waals surface area contributed by atoms with E-state index in [9.17, 15) is 14.7 Å². The number of hydrogen-bond donors (Lipinski definition) is 1. The van der Waals surface area contributed by atoms with Crippen molar-refractivity contribution in [2.45, 2.75) is 56.6 Å². The summed E-state index contributed by atoms with van der Waals surface area (Å²) in [6.07, 6.45) is 12.0. The Balaban J connectivity index is 1.15. The van der Waals surface area contributed by atoms with Gasteiger partial charge in [-0.05, 0) is 43.9 Å². The van der Waals surface area contributed by atoms with Crippen LogP contribution in [0.1, 0.15) is 50.3 Å². The fourth-order valence-corrected chi connectivity index (χ4v) is 6.29. The molecule has 1 saturated heterocycles. The molecule has 4 aromatic rings. The Morgan fingerprint density at radius 3 is 2.55 bits per heavy atom. The predicted molar refractivity (Wildman–Crippen MR) is 144 cm³/mol. The number of carbonyl (C=O) groups excluding carboxylic acids is 1. The Bertz CT molecular complexity index is 1500. The SMILES string of the molecule is Cn1ccnc1[C@@H]1CCCC[C@H]1C(=O)N1CCC(O)(Cn2cnc3c(ccn3-c3ccccc3)c2=O)CC1. The van der Waals surface area contributed by atoms with Crippen LogP contribution in [0.2, 0.25) is 0 Å². The fourth-order valence-electron chi connectivity index (χ4n) is 6.29. The fraction of sp³-hybridized carbons (Fsp3) is 0.448. The molecule has 1 aliphatic carbocycles. The molecule has 1 amide bonds. The number of amides is 1. The van der Waals surface area contributed by atoms with Gasteiger partial charge in [-0.25, -0.2) is 9.97 Å². The number of likely N-dealkylation sites (tertiary alicyclic amines) is 1. The highest BCUT2D eigenvalue weighted by molar-refractivity contribution is 5.80. The van der Waals surface area contributed by atoms with Crippen molar-refractivity contribution in [3.05, 3.63) is 77.5 Å². The second-order valence-electron chi connectivity index (χ2n) is 10.9. The first kappa shape index (κ1) is 24.6. The third-order valence-electron chi connectivity index (χ3n) is 8.45. The van der Waals surface area contributed by atoms with Crippen molar-refractivity contribution in [2.24, 2.45) is 13.0 Å². The van der Waals surface area contributed by atoms with E-state index in [2.05, 4.69) is 9.97 Å². The number of aliphatic hydroxyl groups is 1. The lowest BCUT2D eigenvalue weighted by Crippen LogP contribution is -2.51. The lowest BCUT2D eigenvalue weighted by molar-refractivity contribution is -0.142. The summed E-state index contributed by atoms with van der Waals surface area (Å²) in [4.78, 5) is 37.9. The van der Waals surface area contributed by atoms with Gasteiger partial charge in [0, 0.05) is 56.3 Å². The van der Waals surface area contributed by atoms with Crippen LogP contribution in [0.25, 0.3) is 16.7 Å². The van der Waals surface area contributed by atoms with E-state index in [1.165, 1.54) is 10.9 Å². The third kappa shape index (κ3) is 4.45. The molecule has 0 bridgehead atoms. The molecule has 9 nitrogen and oxygen atoms in total. The summed E-state index contributed by atoms with van der Waals surface area (Å²) in [5.74, 6) is 1.22. The first-order valence-electron chi connectivity index (χ1n) is 13.5. The Morgan fingerprint density at radius 1 is 1.05 bits per heavy atom. The maximum atomic E-state index is 13.6. The summed E-state index contributed by atoms with van der Waals surface area (Å²) in [6, 6.07) is 11.6. The van der Waals surface area contributed by atoms with E-state index in [-0.39, 0.29) is 29.8 Å². The van der Waals surface area contributed by atoms with Crippen LogP contribution in [0, 0.1) is 5.92 Å². The molecule has 6 rings (SSSR count). The molecule has 2 aliphatic rings. The lowest BCUT2D eigenvalue weighted by atomic mass is 9.77. The first-order chi connectivity index (χ1) is 18.4. The van der Waals surface area contributed by atoms with Crippen LogP contribution in [0.4, 0.5) is 0 Å². The summed E-state index contributed by atoms with van der Waals surface area (Å²) in [6.45, 7) is 1.12. The molecule has 0 radical (unpaired) electrons. The second kappa shape index (κ2) is 9.87. The number of aryl methyl sites for hydroxylation is 1. The molecule has 0 spiro atoms. The van der Waals surface area contributed by atoms with Crippen LogP contribution in [0.3, 0.4) is 0 Å². The molecule has 38 heavy (non-hydrogen) atoms. The van der Waals surface area contributed by atoms with Gasteiger partial charge in [0.2, 0.25) is 5.91 Å². The molecule has 2 fully saturated rings. The zero-order chi connectivity index (χ0) is 26.3. The van der Waals surface area contributed by atoms with E-state index in [1.807, 2.05) is 63.8 Å². The summed E-state index contributed by atoms with van der Waals surface area (Å²) < 4.78 is 5.43. The van der Waals surface area contributed by atoms with Crippen LogP contribution in [0.5, 0.6) is 0 Å². The molecule has 1 aliphatic heterocycles. The van der Waals surface area contributed by atoms with E-state index in [0.717, 1.165) is 37.2 Å². The van der Waals surface area contributed by atoms with Gasteiger partial charge in [-0.1, -0.05) is 31.0 Å². The summed E-state index contributed by atoms with van der Waals surface area (Å²) >= 11 is 0. The van der Waals surface area contributed by atoms with Crippen molar-refractivity contribution < 1.29 is 9.90 Å². The lowest BCUT2D eigenvalue weighted by Gasteiger charge is -2.41. The highest BCUT2D eigenvalue weighted by Crippen LogP contribution is 2.39. The number of nitrogens with zero attached hydrogens (tertiary/aromatic N) is 6. The maximum absolute atomic E-state index is 13.6. The number of aromatic nitrogens is 5. The zero-order valence-corrected chi connectivity index (χ0v) is 21.7. The van der Waals surface area contributed by atoms with Crippen molar-refractivity contribution in [3.8, 4) is 5.69 Å². The average Bonchev–Trinajstić information content (AvgIpc) is 3.57. The van der Waals surface area contributed by atoms with Crippen molar-refractivity contribution in [1.82, 2.24) is 28.6 Å². The van der Waals surface area contributed by atoms with E-state index < -0.39 is 5.60 Å². The zero-order valence-electron chi connectivity index (χ0n) is 21.7. The minimum absolute atomic E-state index is 0.0704. The topological polar surface area (TPSA) is 98.2 Å². The number of fused-ring (bicyclic) bond motifs is 1. The number of piperidine rings is 1.